The van der Waals surface area contributed by atoms with Gasteiger partial charge < -0.3 is 14.4 Å². The lowest BCUT2D eigenvalue weighted by molar-refractivity contribution is -0.137. The summed E-state index contributed by atoms with van der Waals surface area (Å²) >= 11 is 0. The van der Waals surface area contributed by atoms with Crippen molar-refractivity contribution >= 4 is 27.8 Å². The second-order valence-corrected chi connectivity index (χ2v) is 10.6. The van der Waals surface area contributed by atoms with Gasteiger partial charge >= 0.3 is 5.97 Å². The highest BCUT2D eigenvalue weighted by atomic mass is 16.5. The third-order valence-corrected chi connectivity index (χ3v) is 8.18. The first kappa shape index (κ1) is 23.1. The molecule has 1 atom stereocenters. The molecule has 5 nitrogen and oxygen atoms in total. The van der Waals surface area contributed by atoms with Crippen LogP contribution < -0.4 is 4.74 Å². The molecule has 2 aliphatic rings. The molecule has 0 amide bonds. The number of nitrogens with zero attached hydrogens (tertiary/aromatic N) is 2. The summed E-state index contributed by atoms with van der Waals surface area (Å²) in [5, 5.41) is 12.0. The predicted octanol–water partition coefficient (Wildman–Crippen LogP) is 7.24. The summed E-state index contributed by atoms with van der Waals surface area (Å²) in [6.45, 7) is 1.42. The lowest BCUT2D eigenvalue weighted by Crippen LogP contribution is -2.21. The number of aromatic nitrogens is 2. The fraction of sp³-hybridized carbons (Fsp3) is 0.419. The van der Waals surface area contributed by atoms with Gasteiger partial charge in [-0.05, 0) is 73.9 Å². The average molecular weight is 483 g/mol. The maximum Gasteiger partial charge on any atom is 0.304 e. The number of benzene rings is 2. The van der Waals surface area contributed by atoms with E-state index in [0.29, 0.717) is 12.5 Å². The summed E-state index contributed by atoms with van der Waals surface area (Å²) < 4.78 is 8.71. The predicted molar refractivity (Wildman–Crippen MR) is 143 cm³/mol. The maximum absolute atomic E-state index is 11.7. The first-order valence-electron chi connectivity index (χ1n) is 13.5. The molecule has 1 saturated carbocycles. The van der Waals surface area contributed by atoms with Crippen LogP contribution >= 0.6 is 0 Å². The van der Waals surface area contributed by atoms with Gasteiger partial charge in [0.2, 0.25) is 0 Å². The molecule has 4 aromatic rings. The molecule has 186 valence electrons. The van der Waals surface area contributed by atoms with Crippen LogP contribution in [0.5, 0.6) is 5.75 Å². The number of fused-ring (bicyclic) bond motifs is 4. The smallest absolute Gasteiger partial charge is 0.304 e. The Kier molecular flexibility index (Phi) is 6.39. The topological polar surface area (TPSA) is 64.3 Å². The first-order valence-corrected chi connectivity index (χ1v) is 13.5. The van der Waals surface area contributed by atoms with Crippen LogP contribution in [0.4, 0.5) is 0 Å². The van der Waals surface area contributed by atoms with Crippen LogP contribution in [0.3, 0.4) is 0 Å². The Morgan fingerprint density at radius 1 is 1.00 bits per heavy atom. The van der Waals surface area contributed by atoms with Gasteiger partial charge in [-0.1, -0.05) is 43.5 Å². The van der Waals surface area contributed by atoms with Crippen LogP contribution in [0.2, 0.25) is 0 Å². The standard InChI is InChI=1S/C31H34N2O3/c34-30(35)17-23-10-6-11-26-27-18-25(36-20-24-14-13-22-9-4-5-12-28(22)32-24)15-16-29(27)33(31(23)26)19-21-7-2-1-3-8-21/h4-5,9,12-16,18,21,23H,1-3,6-8,10-11,17,19-20H2,(H,34,35). The van der Waals surface area contributed by atoms with Crippen LogP contribution in [0.25, 0.3) is 21.8 Å². The van der Waals surface area contributed by atoms with Gasteiger partial charge in [0, 0.05) is 34.4 Å². The van der Waals surface area contributed by atoms with Gasteiger partial charge in [0.1, 0.15) is 12.4 Å². The molecule has 5 heteroatoms. The van der Waals surface area contributed by atoms with Crippen LogP contribution in [0.1, 0.15) is 74.2 Å². The van der Waals surface area contributed by atoms with Crippen molar-refractivity contribution < 1.29 is 14.6 Å². The normalized spacial score (nSPS) is 18.4. The highest BCUT2D eigenvalue weighted by molar-refractivity contribution is 5.88. The zero-order valence-corrected chi connectivity index (χ0v) is 20.8. The zero-order valence-electron chi connectivity index (χ0n) is 20.8. The van der Waals surface area contributed by atoms with Gasteiger partial charge in [-0.25, -0.2) is 4.98 Å². The minimum Gasteiger partial charge on any atom is -0.487 e. The van der Waals surface area contributed by atoms with Crippen molar-refractivity contribution in [3.63, 3.8) is 0 Å². The number of para-hydroxylation sites is 1. The van der Waals surface area contributed by atoms with Crippen molar-refractivity contribution in [2.45, 2.75) is 76.9 Å². The monoisotopic (exact) mass is 482 g/mol. The molecule has 1 fully saturated rings. The van der Waals surface area contributed by atoms with Gasteiger partial charge in [0.05, 0.1) is 17.6 Å². The fourth-order valence-corrected chi connectivity index (χ4v) is 6.48. The highest BCUT2D eigenvalue weighted by Gasteiger charge is 2.30. The van der Waals surface area contributed by atoms with E-state index in [1.54, 1.807) is 0 Å². The first-order chi connectivity index (χ1) is 17.7. The number of carbonyl (C=O) groups is 1. The van der Waals surface area contributed by atoms with Gasteiger partial charge in [-0.2, -0.15) is 0 Å². The number of ether oxygens (including phenoxy) is 1. The Morgan fingerprint density at radius 2 is 1.86 bits per heavy atom. The van der Waals surface area contributed by atoms with Crippen molar-refractivity contribution in [3.8, 4) is 5.75 Å². The Morgan fingerprint density at radius 3 is 2.72 bits per heavy atom. The molecule has 1 N–H and O–H groups in total. The third-order valence-electron chi connectivity index (χ3n) is 8.18. The van der Waals surface area contributed by atoms with Crippen molar-refractivity contribution in [2.75, 3.05) is 0 Å². The van der Waals surface area contributed by atoms with E-state index >= 15 is 0 Å². The highest BCUT2D eigenvalue weighted by Crippen LogP contribution is 2.42. The van der Waals surface area contributed by atoms with E-state index in [1.807, 2.05) is 24.3 Å². The Hall–Kier alpha value is -3.34. The summed E-state index contributed by atoms with van der Waals surface area (Å²) in [6.07, 6.45) is 9.74. The second kappa shape index (κ2) is 9.96. The molecule has 0 spiro atoms. The lowest BCUT2D eigenvalue weighted by Gasteiger charge is -2.28. The number of carboxylic acid groups (broad SMARTS) is 1. The average Bonchev–Trinajstić information content (AvgIpc) is 3.21. The van der Waals surface area contributed by atoms with Crippen LogP contribution in [0.15, 0.2) is 54.6 Å². The molecule has 1 unspecified atom stereocenters. The molecule has 0 radical (unpaired) electrons. The molecule has 0 aliphatic heterocycles. The van der Waals surface area contributed by atoms with Gasteiger partial charge in [0.15, 0.2) is 0 Å². The number of rotatable bonds is 7. The SMILES string of the molecule is O=C(O)CC1CCCc2c1n(CC1CCCCC1)c1ccc(OCc3ccc4ccccc4n3)cc21. The Labute approximate surface area is 212 Å². The van der Waals surface area contributed by atoms with E-state index < -0.39 is 5.97 Å². The van der Waals surface area contributed by atoms with Crippen molar-refractivity contribution in [2.24, 2.45) is 5.92 Å². The molecule has 2 aliphatic carbocycles. The number of carboxylic acids is 1. The van der Waals surface area contributed by atoms with Gasteiger partial charge in [-0.3, -0.25) is 4.79 Å². The van der Waals surface area contributed by atoms with E-state index in [4.69, 9.17) is 9.72 Å². The zero-order chi connectivity index (χ0) is 24.5. The molecule has 2 aromatic carbocycles. The number of hydrogen-bond acceptors (Lipinski definition) is 3. The van der Waals surface area contributed by atoms with Crippen molar-refractivity contribution in [1.29, 1.82) is 0 Å². The summed E-state index contributed by atoms with van der Waals surface area (Å²) in [4.78, 5) is 16.5. The van der Waals surface area contributed by atoms with Crippen LogP contribution in [-0.4, -0.2) is 20.6 Å². The molecule has 0 bridgehead atoms. The van der Waals surface area contributed by atoms with E-state index in [0.717, 1.165) is 48.2 Å². The molecular weight excluding hydrogens is 448 g/mol. The molecule has 2 heterocycles. The summed E-state index contributed by atoms with van der Waals surface area (Å²) in [5.74, 6) is 0.916. The Balaban J connectivity index is 1.33. The van der Waals surface area contributed by atoms with E-state index in [1.165, 1.54) is 54.3 Å². The van der Waals surface area contributed by atoms with E-state index in [-0.39, 0.29) is 12.3 Å². The minimum absolute atomic E-state index is 0.0911. The Bertz CT molecular complexity index is 1400. The largest absolute Gasteiger partial charge is 0.487 e. The van der Waals surface area contributed by atoms with Gasteiger partial charge in [-0.15, -0.1) is 0 Å². The third kappa shape index (κ3) is 4.59. The van der Waals surface area contributed by atoms with Crippen LogP contribution in [-0.2, 0) is 24.4 Å². The van der Waals surface area contributed by atoms with Crippen molar-refractivity contribution in [1.82, 2.24) is 9.55 Å². The lowest BCUT2D eigenvalue weighted by atomic mass is 9.84. The molecule has 6 rings (SSSR count). The van der Waals surface area contributed by atoms with E-state index in [9.17, 15) is 9.90 Å². The van der Waals surface area contributed by atoms with Crippen LogP contribution in [0, 0.1) is 5.92 Å². The second-order valence-electron chi connectivity index (χ2n) is 10.6. The molecule has 36 heavy (non-hydrogen) atoms. The number of aryl methyl sites for hydroxylation is 1. The maximum atomic E-state index is 11.7. The van der Waals surface area contributed by atoms with Crippen molar-refractivity contribution in [3.05, 3.63) is 71.5 Å². The number of hydrogen-bond donors (Lipinski definition) is 1. The number of pyridine rings is 1. The fourth-order valence-electron chi connectivity index (χ4n) is 6.48. The molecule has 2 aromatic heterocycles. The summed E-state index contributed by atoms with van der Waals surface area (Å²) in [5.41, 5.74) is 5.74. The quantitative estimate of drug-likeness (QED) is 0.301. The van der Waals surface area contributed by atoms with Gasteiger partial charge in [0.25, 0.3) is 0 Å². The summed E-state index contributed by atoms with van der Waals surface area (Å²) in [7, 11) is 0. The minimum atomic E-state index is -0.700. The molecule has 0 saturated heterocycles. The van der Waals surface area contributed by atoms with E-state index in [2.05, 4.69) is 34.9 Å². The molecular formula is C31H34N2O3. The number of aliphatic carboxylic acids is 1. The summed E-state index contributed by atoms with van der Waals surface area (Å²) in [6, 6.07) is 18.7.